The van der Waals surface area contributed by atoms with E-state index < -0.39 is 0 Å². The number of nitrogen functional groups attached to an aromatic ring is 1. The van der Waals surface area contributed by atoms with Crippen molar-refractivity contribution >= 4 is 5.82 Å². The van der Waals surface area contributed by atoms with Crippen molar-refractivity contribution in [3.8, 4) is 11.3 Å². The molecule has 3 heteroatoms. The van der Waals surface area contributed by atoms with Gasteiger partial charge in [-0.05, 0) is 42.0 Å². The highest BCUT2D eigenvalue weighted by molar-refractivity contribution is 5.65. The highest BCUT2D eigenvalue weighted by atomic mass is 15.1. The van der Waals surface area contributed by atoms with Gasteiger partial charge in [0.1, 0.15) is 5.82 Å². The third-order valence-corrected chi connectivity index (χ3v) is 3.39. The summed E-state index contributed by atoms with van der Waals surface area (Å²) in [4.78, 5) is 0. The van der Waals surface area contributed by atoms with E-state index in [9.17, 15) is 0 Å². The standard InChI is InChI=1S/C16H21N3/c1-10-8-12(16(3,4)5)6-7-13(10)14-9-11(2)15(17)19-18-14/h6-9H,1-5H3,(H2,17,19). The molecule has 100 valence electrons. The van der Waals surface area contributed by atoms with Gasteiger partial charge in [-0.1, -0.05) is 39.0 Å². The van der Waals surface area contributed by atoms with Crippen molar-refractivity contribution in [1.82, 2.24) is 10.2 Å². The number of anilines is 1. The topological polar surface area (TPSA) is 51.8 Å². The van der Waals surface area contributed by atoms with E-state index in [2.05, 4.69) is 56.1 Å². The second-order valence-electron chi connectivity index (χ2n) is 6.08. The van der Waals surface area contributed by atoms with Crippen LogP contribution in [0.15, 0.2) is 24.3 Å². The smallest absolute Gasteiger partial charge is 0.149 e. The molecule has 2 rings (SSSR count). The minimum absolute atomic E-state index is 0.159. The fraction of sp³-hybridized carbons (Fsp3) is 0.375. The number of benzene rings is 1. The van der Waals surface area contributed by atoms with E-state index in [1.54, 1.807) is 0 Å². The molecule has 0 amide bonds. The van der Waals surface area contributed by atoms with Crippen LogP contribution in [-0.4, -0.2) is 10.2 Å². The van der Waals surface area contributed by atoms with Crippen LogP contribution in [0.3, 0.4) is 0 Å². The van der Waals surface area contributed by atoms with Gasteiger partial charge in [-0.3, -0.25) is 0 Å². The number of aromatic nitrogens is 2. The van der Waals surface area contributed by atoms with Crippen LogP contribution in [0.5, 0.6) is 0 Å². The normalized spacial score (nSPS) is 11.6. The maximum atomic E-state index is 5.71. The molecule has 2 N–H and O–H groups in total. The van der Waals surface area contributed by atoms with E-state index in [1.165, 1.54) is 11.1 Å². The molecule has 0 aliphatic heterocycles. The van der Waals surface area contributed by atoms with Crippen molar-refractivity contribution in [3.05, 3.63) is 41.0 Å². The second kappa shape index (κ2) is 4.65. The summed E-state index contributed by atoms with van der Waals surface area (Å²) >= 11 is 0. The van der Waals surface area contributed by atoms with Crippen LogP contribution in [0.2, 0.25) is 0 Å². The molecule has 0 aliphatic carbocycles. The Morgan fingerprint density at radius 3 is 2.16 bits per heavy atom. The largest absolute Gasteiger partial charge is 0.382 e. The Kier molecular flexibility index (Phi) is 3.31. The summed E-state index contributed by atoms with van der Waals surface area (Å²) in [6.45, 7) is 10.7. The van der Waals surface area contributed by atoms with Gasteiger partial charge in [0.15, 0.2) is 0 Å². The van der Waals surface area contributed by atoms with Gasteiger partial charge in [0.2, 0.25) is 0 Å². The van der Waals surface area contributed by atoms with E-state index in [-0.39, 0.29) is 5.41 Å². The molecular weight excluding hydrogens is 234 g/mol. The molecule has 1 heterocycles. The first-order valence-electron chi connectivity index (χ1n) is 6.50. The molecule has 0 bridgehead atoms. The lowest BCUT2D eigenvalue weighted by Gasteiger charge is -2.20. The van der Waals surface area contributed by atoms with Gasteiger partial charge in [0.05, 0.1) is 5.69 Å². The van der Waals surface area contributed by atoms with Crippen LogP contribution in [0, 0.1) is 13.8 Å². The first-order valence-corrected chi connectivity index (χ1v) is 6.50. The molecule has 0 radical (unpaired) electrons. The molecule has 0 atom stereocenters. The predicted octanol–water partition coefficient (Wildman–Crippen LogP) is 3.64. The Morgan fingerprint density at radius 1 is 0.947 bits per heavy atom. The van der Waals surface area contributed by atoms with Gasteiger partial charge in [0.25, 0.3) is 0 Å². The first-order chi connectivity index (χ1) is 8.79. The summed E-state index contributed by atoms with van der Waals surface area (Å²) in [5, 5.41) is 8.18. The summed E-state index contributed by atoms with van der Waals surface area (Å²) in [7, 11) is 0. The highest BCUT2D eigenvalue weighted by Crippen LogP contribution is 2.28. The Hall–Kier alpha value is -1.90. The second-order valence-corrected chi connectivity index (χ2v) is 6.08. The van der Waals surface area contributed by atoms with Crippen LogP contribution in [0.25, 0.3) is 11.3 Å². The van der Waals surface area contributed by atoms with Crippen molar-refractivity contribution in [2.24, 2.45) is 0 Å². The molecule has 0 spiro atoms. The number of hydrogen-bond donors (Lipinski definition) is 1. The average molecular weight is 255 g/mol. The molecule has 0 saturated carbocycles. The molecule has 0 aliphatic rings. The van der Waals surface area contributed by atoms with Crippen molar-refractivity contribution in [2.45, 2.75) is 40.0 Å². The number of hydrogen-bond acceptors (Lipinski definition) is 3. The molecule has 1 aromatic heterocycles. The molecule has 0 saturated heterocycles. The lowest BCUT2D eigenvalue weighted by molar-refractivity contribution is 0.590. The summed E-state index contributed by atoms with van der Waals surface area (Å²) in [5.41, 5.74) is 11.4. The number of aryl methyl sites for hydroxylation is 2. The minimum Gasteiger partial charge on any atom is -0.382 e. The summed E-state index contributed by atoms with van der Waals surface area (Å²) < 4.78 is 0. The Balaban J connectivity index is 2.49. The van der Waals surface area contributed by atoms with Crippen LogP contribution in [0.4, 0.5) is 5.82 Å². The molecule has 0 unspecified atom stereocenters. The highest BCUT2D eigenvalue weighted by Gasteiger charge is 2.15. The number of rotatable bonds is 1. The Morgan fingerprint density at radius 2 is 1.63 bits per heavy atom. The third kappa shape index (κ3) is 2.75. The zero-order chi connectivity index (χ0) is 14.2. The van der Waals surface area contributed by atoms with Gasteiger partial charge in [-0.15, -0.1) is 10.2 Å². The number of nitrogens with zero attached hydrogens (tertiary/aromatic N) is 2. The lowest BCUT2D eigenvalue weighted by atomic mass is 9.85. The fourth-order valence-corrected chi connectivity index (χ4v) is 2.04. The van der Waals surface area contributed by atoms with Crippen molar-refractivity contribution in [2.75, 3.05) is 5.73 Å². The minimum atomic E-state index is 0.159. The first kappa shape index (κ1) is 13.5. The average Bonchev–Trinajstić information content (AvgIpc) is 2.31. The van der Waals surface area contributed by atoms with E-state index in [4.69, 9.17) is 5.73 Å². The Labute approximate surface area is 114 Å². The zero-order valence-electron chi connectivity index (χ0n) is 12.3. The maximum Gasteiger partial charge on any atom is 0.149 e. The fourth-order valence-electron chi connectivity index (χ4n) is 2.04. The molecule has 3 nitrogen and oxygen atoms in total. The Bertz CT molecular complexity index is 610. The van der Waals surface area contributed by atoms with Crippen molar-refractivity contribution in [1.29, 1.82) is 0 Å². The molecule has 1 aromatic carbocycles. The van der Waals surface area contributed by atoms with Crippen LogP contribution in [-0.2, 0) is 5.41 Å². The van der Waals surface area contributed by atoms with E-state index in [0.29, 0.717) is 5.82 Å². The lowest BCUT2D eigenvalue weighted by Crippen LogP contribution is -2.11. The summed E-state index contributed by atoms with van der Waals surface area (Å²) in [5.74, 6) is 0.493. The van der Waals surface area contributed by atoms with Gasteiger partial charge >= 0.3 is 0 Å². The molecule has 2 aromatic rings. The molecular formula is C16H21N3. The zero-order valence-corrected chi connectivity index (χ0v) is 12.3. The maximum absolute atomic E-state index is 5.71. The van der Waals surface area contributed by atoms with Crippen molar-refractivity contribution in [3.63, 3.8) is 0 Å². The third-order valence-electron chi connectivity index (χ3n) is 3.39. The van der Waals surface area contributed by atoms with Gasteiger partial charge in [-0.2, -0.15) is 0 Å². The van der Waals surface area contributed by atoms with E-state index >= 15 is 0 Å². The quantitative estimate of drug-likeness (QED) is 0.846. The van der Waals surface area contributed by atoms with Crippen molar-refractivity contribution < 1.29 is 0 Å². The van der Waals surface area contributed by atoms with Crippen LogP contribution in [0.1, 0.15) is 37.5 Å². The SMILES string of the molecule is Cc1cc(C(C)(C)C)ccc1-c1cc(C)c(N)nn1. The molecule has 0 fully saturated rings. The van der Waals surface area contributed by atoms with E-state index in [1.807, 2.05) is 13.0 Å². The molecule has 19 heavy (non-hydrogen) atoms. The van der Waals surface area contributed by atoms with Gasteiger partial charge in [0, 0.05) is 5.56 Å². The monoisotopic (exact) mass is 255 g/mol. The van der Waals surface area contributed by atoms with E-state index in [0.717, 1.165) is 16.8 Å². The van der Waals surface area contributed by atoms with Crippen LogP contribution >= 0.6 is 0 Å². The predicted molar refractivity (Wildman–Crippen MR) is 80.1 cm³/mol. The summed E-state index contributed by atoms with van der Waals surface area (Å²) in [6, 6.07) is 8.50. The van der Waals surface area contributed by atoms with Gasteiger partial charge < -0.3 is 5.73 Å². The van der Waals surface area contributed by atoms with Crippen LogP contribution < -0.4 is 5.73 Å². The summed E-state index contributed by atoms with van der Waals surface area (Å²) in [6.07, 6.45) is 0. The van der Waals surface area contributed by atoms with Gasteiger partial charge in [-0.25, -0.2) is 0 Å². The number of nitrogens with two attached hydrogens (primary N) is 1.